The van der Waals surface area contributed by atoms with Crippen molar-refractivity contribution in [1.82, 2.24) is 10.6 Å². The Morgan fingerprint density at radius 1 is 1.21 bits per heavy atom. The molecular weight excluding hydrogens is 454 g/mol. The molecule has 0 saturated heterocycles. The summed E-state index contributed by atoms with van der Waals surface area (Å²) in [4.78, 5) is 46.4. The lowest BCUT2D eigenvalue weighted by molar-refractivity contribution is -0.145. The molecule has 1 aromatic carbocycles. The molecule has 0 aliphatic rings. The Bertz CT molecular complexity index is 691. The summed E-state index contributed by atoms with van der Waals surface area (Å²) >= 11 is 7.23. The van der Waals surface area contributed by atoms with Crippen molar-refractivity contribution >= 4 is 52.3 Å². The number of nitrogens with one attached hydrogen (secondary N) is 2. The van der Waals surface area contributed by atoms with Gasteiger partial charge in [-0.25, -0.2) is 0 Å². The minimum atomic E-state index is -1.21. The number of nitrogens with two attached hydrogens (primary N) is 1. The first-order chi connectivity index (χ1) is 13.2. The number of carboxylic acid groups (broad SMARTS) is 1. The van der Waals surface area contributed by atoms with E-state index < -0.39 is 47.4 Å². The lowest BCUT2D eigenvalue weighted by Gasteiger charge is -2.17. The van der Waals surface area contributed by atoms with Crippen molar-refractivity contribution in [2.24, 2.45) is 5.73 Å². The Labute approximate surface area is 175 Å². The van der Waals surface area contributed by atoms with Crippen LogP contribution in [0.2, 0.25) is 0 Å². The smallest absolute Gasteiger partial charge is 0.326 e. The Kier molecular flexibility index (Phi) is 10.6. The van der Waals surface area contributed by atoms with Gasteiger partial charge in [-0.15, -0.1) is 0 Å². The second-order valence-corrected chi connectivity index (χ2v) is 6.92. The van der Waals surface area contributed by atoms with E-state index in [0.717, 1.165) is 5.56 Å². The van der Waals surface area contributed by atoms with E-state index in [0.29, 0.717) is 0 Å². The van der Waals surface area contributed by atoms with Crippen LogP contribution in [-0.4, -0.2) is 53.2 Å². The summed E-state index contributed by atoms with van der Waals surface area (Å²) in [5.41, 5.74) is 6.06. The predicted molar refractivity (Wildman–Crippen MR) is 108 cm³/mol. The van der Waals surface area contributed by atoms with Gasteiger partial charge in [0.15, 0.2) is 5.01 Å². The average Bonchev–Trinajstić information content (AvgIpc) is 2.68. The van der Waals surface area contributed by atoms with Crippen molar-refractivity contribution in [3.05, 3.63) is 35.9 Å². The summed E-state index contributed by atoms with van der Waals surface area (Å²) in [7, 11) is 0. The van der Waals surface area contributed by atoms with Crippen LogP contribution in [0.4, 0.5) is 0 Å². The molecule has 3 atom stereocenters. The third kappa shape index (κ3) is 8.72. The molecule has 0 aromatic heterocycles. The molecule has 154 valence electrons. The predicted octanol–water partition coefficient (Wildman–Crippen LogP) is 0.346. The SMILES string of the molecule is NC(CCC(=O)NC(CS)C(=O)NCC(=O)OC(Br)c1ccccc1)C(=O)O. The number of halogens is 1. The van der Waals surface area contributed by atoms with Gasteiger partial charge in [0.05, 0.1) is 0 Å². The zero-order valence-corrected chi connectivity index (χ0v) is 17.3. The number of thiol groups is 1. The third-order valence-corrected chi connectivity index (χ3v) is 4.62. The van der Waals surface area contributed by atoms with Crippen molar-refractivity contribution in [3.63, 3.8) is 0 Å². The van der Waals surface area contributed by atoms with E-state index in [9.17, 15) is 19.2 Å². The lowest BCUT2D eigenvalue weighted by Crippen LogP contribution is -2.49. The fourth-order valence-corrected chi connectivity index (χ4v) is 2.75. The Hall–Kier alpha value is -2.11. The molecule has 11 heteroatoms. The van der Waals surface area contributed by atoms with Crippen LogP contribution in [0.1, 0.15) is 23.4 Å². The number of rotatable bonds is 11. The van der Waals surface area contributed by atoms with Crippen molar-refractivity contribution in [2.45, 2.75) is 29.9 Å². The number of amides is 2. The highest BCUT2D eigenvalue weighted by atomic mass is 79.9. The van der Waals surface area contributed by atoms with Gasteiger partial charge in [0.25, 0.3) is 0 Å². The molecule has 0 aliphatic heterocycles. The van der Waals surface area contributed by atoms with Crippen molar-refractivity contribution < 1.29 is 29.0 Å². The van der Waals surface area contributed by atoms with Gasteiger partial charge in [0.2, 0.25) is 11.8 Å². The van der Waals surface area contributed by atoms with Crippen LogP contribution in [0.5, 0.6) is 0 Å². The number of esters is 1. The third-order valence-electron chi connectivity index (χ3n) is 3.54. The molecule has 0 saturated carbocycles. The molecule has 9 nitrogen and oxygen atoms in total. The second-order valence-electron chi connectivity index (χ2n) is 5.72. The van der Waals surface area contributed by atoms with E-state index in [-0.39, 0.29) is 18.6 Å². The number of carbonyl (C=O) groups is 4. The molecule has 1 rings (SSSR count). The number of carboxylic acids is 1. The van der Waals surface area contributed by atoms with Crippen LogP contribution >= 0.6 is 28.6 Å². The molecule has 0 aliphatic carbocycles. The van der Waals surface area contributed by atoms with Gasteiger partial charge in [0, 0.05) is 17.7 Å². The molecule has 1 aromatic rings. The van der Waals surface area contributed by atoms with E-state index in [1.165, 1.54) is 0 Å². The lowest BCUT2D eigenvalue weighted by atomic mass is 10.1. The van der Waals surface area contributed by atoms with Crippen LogP contribution in [0, 0.1) is 0 Å². The first-order valence-electron chi connectivity index (χ1n) is 8.29. The Morgan fingerprint density at radius 3 is 2.43 bits per heavy atom. The van der Waals surface area contributed by atoms with Crippen molar-refractivity contribution in [3.8, 4) is 0 Å². The molecule has 5 N–H and O–H groups in total. The number of carbonyl (C=O) groups excluding carboxylic acids is 3. The summed E-state index contributed by atoms with van der Waals surface area (Å²) in [6, 6.07) is 6.81. The number of aliphatic carboxylic acids is 1. The van der Waals surface area contributed by atoms with E-state index in [1.807, 2.05) is 6.07 Å². The number of ether oxygens (including phenoxy) is 1. The molecule has 0 fully saturated rings. The maximum Gasteiger partial charge on any atom is 0.326 e. The van der Waals surface area contributed by atoms with Gasteiger partial charge in [-0.2, -0.15) is 12.6 Å². The van der Waals surface area contributed by atoms with Gasteiger partial charge in [-0.05, 0) is 22.4 Å². The Morgan fingerprint density at radius 2 is 1.86 bits per heavy atom. The maximum atomic E-state index is 12.1. The Balaban J connectivity index is 2.41. The maximum absolute atomic E-state index is 12.1. The second kappa shape index (κ2) is 12.4. The summed E-state index contributed by atoms with van der Waals surface area (Å²) in [6.07, 6.45) is -0.226. The summed E-state index contributed by atoms with van der Waals surface area (Å²) in [5, 5.41) is 12.8. The standard InChI is InChI=1S/C17H22BrN3O6S/c18-15(10-4-2-1-3-5-10)27-14(23)8-20-16(24)12(9-28)21-13(22)7-6-11(19)17(25)26/h1-5,11-12,15,28H,6-9,19H2,(H,20,24)(H,21,22)(H,25,26). The van der Waals surface area contributed by atoms with Gasteiger partial charge >= 0.3 is 11.9 Å². The van der Waals surface area contributed by atoms with Gasteiger partial charge < -0.3 is 26.2 Å². The van der Waals surface area contributed by atoms with Crippen LogP contribution < -0.4 is 16.4 Å². The molecule has 3 unspecified atom stereocenters. The monoisotopic (exact) mass is 475 g/mol. The minimum Gasteiger partial charge on any atom is -0.480 e. The fraction of sp³-hybridized carbons (Fsp3) is 0.412. The highest BCUT2D eigenvalue weighted by molar-refractivity contribution is 9.09. The first kappa shape index (κ1) is 23.9. The quantitative estimate of drug-likeness (QED) is 0.176. The van der Waals surface area contributed by atoms with Gasteiger partial charge in [0.1, 0.15) is 18.6 Å². The molecular formula is C17H22BrN3O6S. The van der Waals surface area contributed by atoms with E-state index in [1.54, 1.807) is 24.3 Å². The molecule has 0 radical (unpaired) electrons. The highest BCUT2D eigenvalue weighted by Gasteiger charge is 2.22. The van der Waals surface area contributed by atoms with Crippen molar-refractivity contribution in [2.75, 3.05) is 12.3 Å². The molecule has 2 amide bonds. The van der Waals surface area contributed by atoms with Crippen LogP contribution in [0.3, 0.4) is 0 Å². The van der Waals surface area contributed by atoms with E-state index in [4.69, 9.17) is 15.6 Å². The molecule has 0 spiro atoms. The summed E-state index contributed by atoms with van der Waals surface area (Å²) in [6.45, 7) is -0.391. The van der Waals surface area contributed by atoms with E-state index in [2.05, 4.69) is 39.2 Å². The number of hydrogen-bond acceptors (Lipinski definition) is 7. The fourth-order valence-electron chi connectivity index (χ4n) is 1.98. The topological polar surface area (TPSA) is 148 Å². The summed E-state index contributed by atoms with van der Waals surface area (Å²) < 4.78 is 5.16. The number of alkyl halides is 1. The zero-order valence-electron chi connectivity index (χ0n) is 14.8. The minimum absolute atomic E-state index is 0.0112. The average molecular weight is 476 g/mol. The van der Waals surface area contributed by atoms with E-state index >= 15 is 0 Å². The largest absolute Gasteiger partial charge is 0.480 e. The van der Waals surface area contributed by atoms with Crippen LogP contribution in [-0.2, 0) is 23.9 Å². The zero-order chi connectivity index (χ0) is 21.1. The number of benzene rings is 1. The molecule has 28 heavy (non-hydrogen) atoms. The summed E-state index contributed by atoms with van der Waals surface area (Å²) in [5.74, 6) is -3.05. The molecule has 0 bridgehead atoms. The normalized spacial score (nSPS) is 13.7. The van der Waals surface area contributed by atoms with Gasteiger partial charge in [-0.3, -0.25) is 19.2 Å². The molecule has 0 heterocycles. The van der Waals surface area contributed by atoms with Crippen LogP contribution in [0.25, 0.3) is 0 Å². The first-order valence-corrected chi connectivity index (χ1v) is 9.84. The number of hydrogen-bond donors (Lipinski definition) is 5. The van der Waals surface area contributed by atoms with Crippen molar-refractivity contribution in [1.29, 1.82) is 0 Å². The van der Waals surface area contributed by atoms with Gasteiger partial charge in [-0.1, -0.05) is 30.3 Å². The highest BCUT2D eigenvalue weighted by Crippen LogP contribution is 2.23. The van der Waals surface area contributed by atoms with Crippen LogP contribution in [0.15, 0.2) is 30.3 Å².